The SMILES string of the molecule is CCCCOC(=O)C[C@H](N)C(=O)O. The number of unbranched alkanes of at least 4 members (excludes halogenated alkanes) is 1. The molecule has 5 heteroatoms. The molecule has 0 aliphatic rings. The number of carbonyl (C=O) groups excluding carboxylic acids is 1. The number of carboxylic acids is 1. The molecular formula is C8H15NO4. The predicted molar refractivity (Wildman–Crippen MR) is 46.1 cm³/mol. The fourth-order valence-electron chi connectivity index (χ4n) is 0.656. The maximum atomic E-state index is 10.9. The van der Waals surface area contributed by atoms with Crippen molar-refractivity contribution in [3.05, 3.63) is 0 Å². The highest BCUT2D eigenvalue weighted by atomic mass is 16.5. The fourth-order valence-corrected chi connectivity index (χ4v) is 0.656. The summed E-state index contributed by atoms with van der Waals surface area (Å²) in [5.41, 5.74) is 5.12. The predicted octanol–water partition coefficient (Wildman–Crippen LogP) is 0.132. The number of ether oxygens (including phenoxy) is 1. The third-order valence-electron chi connectivity index (χ3n) is 1.46. The van der Waals surface area contributed by atoms with Crippen LogP contribution >= 0.6 is 0 Å². The van der Waals surface area contributed by atoms with Crippen molar-refractivity contribution in [3.63, 3.8) is 0 Å². The molecule has 76 valence electrons. The average molecular weight is 189 g/mol. The molecule has 0 aliphatic heterocycles. The number of hydrogen-bond acceptors (Lipinski definition) is 4. The topological polar surface area (TPSA) is 89.6 Å². The normalized spacial score (nSPS) is 12.2. The van der Waals surface area contributed by atoms with Gasteiger partial charge in [0.1, 0.15) is 6.04 Å². The first-order chi connectivity index (χ1) is 6.07. The summed E-state index contributed by atoms with van der Waals surface area (Å²) in [4.78, 5) is 21.1. The molecule has 0 saturated carbocycles. The van der Waals surface area contributed by atoms with Crippen LogP contribution in [0.2, 0.25) is 0 Å². The Morgan fingerprint density at radius 1 is 1.54 bits per heavy atom. The van der Waals surface area contributed by atoms with Crippen molar-refractivity contribution in [2.45, 2.75) is 32.2 Å². The van der Waals surface area contributed by atoms with Crippen LogP contribution in [0.25, 0.3) is 0 Å². The van der Waals surface area contributed by atoms with E-state index in [-0.39, 0.29) is 6.42 Å². The molecule has 0 aromatic rings. The molecule has 0 fully saturated rings. The minimum absolute atomic E-state index is 0.265. The summed E-state index contributed by atoms with van der Waals surface area (Å²) in [6.45, 7) is 2.30. The molecule has 0 aromatic heterocycles. The van der Waals surface area contributed by atoms with Gasteiger partial charge < -0.3 is 15.6 Å². The second-order valence-corrected chi connectivity index (χ2v) is 2.72. The Hall–Kier alpha value is -1.10. The third-order valence-corrected chi connectivity index (χ3v) is 1.46. The van der Waals surface area contributed by atoms with E-state index in [2.05, 4.69) is 0 Å². The Bertz CT molecular complexity index is 181. The van der Waals surface area contributed by atoms with E-state index in [0.29, 0.717) is 6.61 Å². The molecule has 13 heavy (non-hydrogen) atoms. The van der Waals surface area contributed by atoms with Crippen LogP contribution in [0.15, 0.2) is 0 Å². The Morgan fingerprint density at radius 3 is 2.62 bits per heavy atom. The molecule has 5 nitrogen and oxygen atoms in total. The number of esters is 1. The van der Waals surface area contributed by atoms with E-state index in [1.165, 1.54) is 0 Å². The van der Waals surface area contributed by atoms with Crippen LogP contribution < -0.4 is 5.73 Å². The number of rotatable bonds is 6. The molecule has 0 radical (unpaired) electrons. The molecule has 0 saturated heterocycles. The first kappa shape index (κ1) is 11.9. The standard InChI is InChI=1S/C8H15NO4/c1-2-3-4-13-7(10)5-6(9)8(11)12/h6H,2-5,9H2,1H3,(H,11,12)/t6-/m0/s1. The minimum atomic E-state index is -1.19. The first-order valence-electron chi connectivity index (χ1n) is 4.22. The van der Waals surface area contributed by atoms with Crippen molar-refractivity contribution in [1.29, 1.82) is 0 Å². The number of hydrogen-bond donors (Lipinski definition) is 2. The van der Waals surface area contributed by atoms with Crippen LogP contribution in [0.1, 0.15) is 26.2 Å². The number of nitrogens with two attached hydrogens (primary N) is 1. The van der Waals surface area contributed by atoms with Crippen molar-refractivity contribution in [2.75, 3.05) is 6.61 Å². The molecule has 0 bridgehead atoms. The van der Waals surface area contributed by atoms with Gasteiger partial charge in [0.25, 0.3) is 0 Å². The highest BCUT2D eigenvalue weighted by Gasteiger charge is 2.16. The van der Waals surface area contributed by atoms with Crippen molar-refractivity contribution in [1.82, 2.24) is 0 Å². The smallest absolute Gasteiger partial charge is 0.321 e. The Kier molecular flexibility index (Phi) is 5.88. The molecule has 0 aliphatic carbocycles. The minimum Gasteiger partial charge on any atom is -0.480 e. The Morgan fingerprint density at radius 2 is 2.15 bits per heavy atom. The molecule has 0 heterocycles. The average Bonchev–Trinajstić information content (AvgIpc) is 2.04. The van der Waals surface area contributed by atoms with Crippen LogP contribution in [0.5, 0.6) is 0 Å². The quantitative estimate of drug-likeness (QED) is 0.458. The fraction of sp³-hybridized carbons (Fsp3) is 0.750. The van der Waals surface area contributed by atoms with Crippen LogP contribution in [-0.4, -0.2) is 29.7 Å². The van der Waals surface area contributed by atoms with Gasteiger partial charge in [-0.1, -0.05) is 13.3 Å². The molecule has 0 aromatic carbocycles. The summed E-state index contributed by atoms with van der Waals surface area (Å²) in [5.74, 6) is -1.74. The highest BCUT2D eigenvalue weighted by molar-refractivity contribution is 5.81. The van der Waals surface area contributed by atoms with Gasteiger partial charge in [-0.3, -0.25) is 9.59 Å². The van der Waals surface area contributed by atoms with Crippen LogP contribution in [0, 0.1) is 0 Å². The lowest BCUT2D eigenvalue weighted by Crippen LogP contribution is -2.33. The Labute approximate surface area is 76.9 Å². The lowest BCUT2D eigenvalue weighted by molar-refractivity contribution is -0.148. The lowest BCUT2D eigenvalue weighted by Gasteiger charge is -2.06. The lowest BCUT2D eigenvalue weighted by atomic mass is 10.2. The summed E-state index contributed by atoms with van der Waals surface area (Å²) in [6, 6.07) is -1.16. The summed E-state index contributed by atoms with van der Waals surface area (Å²) in [5, 5.41) is 8.37. The number of carbonyl (C=O) groups is 2. The molecule has 0 rings (SSSR count). The van der Waals surface area contributed by atoms with E-state index in [1.807, 2.05) is 6.92 Å². The van der Waals surface area contributed by atoms with E-state index in [0.717, 1.165) is 12.8 Å². The van der Waals surface area contributed by atoms with Gasteiger partial charge in [-0.05, 0) is 6.42 Å². The van der Waals surface area contributed by atoms with Gasteiger partial charge in [0.05, 0.1) is 13.0 Å². The van der Waals surface area contributed by atoms with E-state index < -0.39 is 18.0 Å². The molecular weight excluding hydrogens is 174 g/mol. The largest absolute Gasteiger partial charge is 0.480 e. The molecule has 0 amide bonds. The molecule has 1 atom stereocenters. The van der Waals surface area contributed by atoms with Gasteiger partial charge in [0.15, 0.2) is 0 Å². The second kappa shape index (κ2) is 6.42. The maximum Gasteiger partial charge on any atom is 0.321 e. The zero-order valence-corrected chi connectivity index (χ0v) is 7.66. The molecule has 0 spiro atoms. The van der Waals surface area contributed by atoms with Crippen molar-refractivity contribution in [3.8, 4) is 0 Å². The summed E-state index contributed by atoms with van der Waals surface area (Å²) in [7, 11) is 0. The van der Waals surface area contributed by atoms with E-state index >= 15 is 0 Å². The van der Waals surface area contributed by atoms with Gasteiger partial charge in [-0.15, -0.1) is 0 Å². The van der Waals surface area contributed by atoms with E-state index in [9.17, 15) is 9.59 Å². The summed E-state index contributed by atoms with van der Waals surface area (Å²) in [6.07, 6.45) is 1.45. The van der Waals surface area contributed by atoms with Gasteiger partial charge in [0.2, 0.25) is 0 Å². The highest BCUT2D eigenvalue weighted by Crippen LogP contribution is 1.95. The first-order valence-corrected chi connectivity index (χ1v) is 4.22. The molecule has 3 N–H and O–H groups in total. The van der Waals surface area contributed by atoms with Crippen molar-refractivity contribution in [2.24, 2.45) is 5.73 Å². The monoisotopic (exact) mass is 189 g/mol. The zero-order valence-electron chi connectivity index (χ0n) is 7.66. The van der Waals surface area contributed by atoms with Crippen molar-refractivity contribution < 1.29 is 19.4 Å². The van der Waals surface area contributed by atoms with Crippen LogP contribution in [0.3, 0.4) is 0 Å². The Balaban J connectivity index is 3.56. The van der Waals surface area contributed by atoms with Gasteiger partial charge in [-0.2, -0.15) is 0 Å². The summed E-state index contributed by atoms with van der Waals surface area (Å²) < 4.78 is 4.72. The van der Waals surface area contributed by atoms with E-state index in [1.54, 1.807) is 0 Å². The summed E-state index contributed by atoms with van der Waals surface area (Å²) >= 11 is 0. The number of carboxylic acid groups (broad SMARTS) is 1. The maximum absolute atomic E-state index is 10.9. The van der Waals surface area contributed by atoms with E-state index in [4.69, 9.17) is 15.6 Å². The van der Waals surface area contributed by atoms with Gasteiger partial charge in [-0.25, -0.2) is 0 Å². The zero-order chi connectivity index (χ0) is 10.3. The van der Waals surface area contributed by atoms with Crippen LogP contribution in [-0.2, 0) is 14.3 Å². The van der Waals surface area contributed by atoms with Gasteiger partial charge >= 0.3 is 11.9 Å². The van der Waals surface area contributed by atoms with Crippen molar-refractivity contribution >= 4 is 11.9 Å². The van der Waals surface area contributed by atoms with Crippen LogP contribution in [0.4, 0.5) is 0 Å². The third kappa shape index (κ3) is 6.10. The second-order valence-electron chi connectivity index (χ2n) is 2.72. The van der Waals surface area contributed by atoms with Gasteiger partial charge in [0, 0.05) is 0 Å². The number of aliphatic carboxylic acids is 1. The molecule has 0 unspecified atom stereocenters.